The lowest BCUT2D eigenvalue weighted by molar-refractivity contribution is -0.116. The van der Waals surface area contributed by atoms with Gasteiger partial charge in [-0.05, 0) is 54.8 Å². The summed E-state index contributed by atoms with van der Waals surface area (Å²) in [6.07, 6.45) is 1.26. The van der Waals surface area contributed by atoms with Gasteiger partial charge in [-0.25, -0.2) is 0 Å². The maximum atomic E-state index is 12.2. The van der Waals surface area contributed by atoms with E-state index in [0.29, 0.717) is 30.3 Å². The van der Waals surface area contributed by atoms with Crippen LogP contribution in [-0.4, -0.2) is 25.0 Å². The summed E-state index contributed by atoms with van der Waals surface area (Å²) in [5.74, 6) is 1.08. The summed E-state index contributed by atoms with van der Waals surface area (Å²) in [6.45, 7) is 6.97. The van der Waals surface area contributed by atoms with Crippen molar-refractivity contribution in [3.05, 3.63) is 48.5 Å². The molecule has 0 aliphatic carbocycles. The molecular weight excluding hydrogens is 354 g/mol. The van der Waals surface area contributed by atoms with Crippen LogP contribution in [0, 0.1) is 5.92 Å². The first-order valence-electron chi connectivity index (χ1n) is 9.62. The third-order valence-corrected chi connectivity index (χ3v) is 3.80. The van der Waals surface area contributed by atoms with Crippen molar-refractivity contribution in [2.75, 3.05) is 29.1 Å². The Balaban J connectivity index is 1.81. The molecule has 0 spiro atoms. The number of rotatable bonds is 10. The Hall–Kier alpha value is -3.02. The fourth-order valence-electron chi connectivity index (χ4n) is 2.44. The fourth-order valence-corrected chi connectivity index (χ4v) is 2.44. The molecule has 28 heavy (non-hydrogen) atoms. The maximum Gasteiger partial charge on any atom is 0.243 e. The third-order valence-electron chi connectivity index (χ3n) is 3.80. The van der Waals surface area contributed by atoms with E-state index in [1.165, 1.54) is 0 Å². The molecule has 0 aliphatic heterocycles. The summed E-state index contributed by atoms with van der Waals surface area (Å²) < 4.78 is 5.64. The Morgan fingerprint density at radius 3 is 2.18 bits per heavy atom. The van der Waals surface area contributed by atoms with Crippen LogP contribution in [0.15, 0.2) is 48.5 Å². The zero-order chi connectivity index (χ0) is 20.4. The van der Waals surface area contributed by atoms with Crippen molar-refractivity contribution in [1.82, 2.24) is 0 Å². The van der Waals surface area contributed by atoms with Crippen molar-refractivity contribution in [2.45, 2.75) is 33.6 Å². The van der Waals surface area contributed by atoms with E-state index in [9.17, 15) is 9.59 Å². The highest BCUT2D eigenvalue weighted by molar-refractivity contribution is 5.95. The van der Waals surface area contributed by atoms with Crippen LogP contribution in [0.2, 0.25) is 0 Å². The van der Waals surface area contributed by atoms with Gasteiger partial charge in [0.2, 0.25) is 11.8 Å². The number of carbonyl (C=O) groups excluding carboxylic acids is 2. The van der Waals surface area contributed by atoms with Gasteiger partial charge in [-0.2, -0.15) is 0 Å². The first kappa shape index (κ1) is 21.3. The number of nitrogens with one attached hydrogen (secondary N) is 3. The second-order valence-corrected chi connectivity index (χ2v) is 7.01. The van der Waals surface area contributed by atoms with E-state index >= 15 is 0 Å². The van der Waals surface area contributed by atoms with Crippen molar-refractivity contribution >= 4 is 28.9 Å². The molecule has 0 saturated heterocycles. The zero-order valence-electron chi connectivity index (χ0n) is 16.7. The molecule has 0 aliphatic rings. The van der Waals surface area contributed by atoms with E-state index in [0.717, 1.165) is 17.9 Å². The smallest absolute Gasteiger partial charge is 0.243 e. The molecular formula is C22H29N3O3. The van der Waals surface area contributed by atoms with Gasteiger partial charge in [0.1, 0.15) is 5.75 Å². The van der Waals surface area contributed by atoms with Crippen molar-refractivity contribution < 1.29 is 14.3 Å². The third kappa shape index (κ3) is 7.70. The first-order chi connectivity index (χ1) is 13.5. The minimum absolute atomic E-state index is 0.0338. The molecule has 2 amide bonds. The second-order valence-electron chi connectivity index (χ2n) is 7.01. The standard InChI is InChI=1S/C22H29N3O3/c1-4-6-21(26)24-18-7-5-8-19(13-18)25-22(27)14-23-17-9-11-20(12-10-17)28-15-16(2)3/h5,7-13,16,23H,4,6,14-15H2,1-3H3,(H,24,26)(H,25,27). The highest BCUT2D eigenvalue weighted by atomic mass is 16.5. The summed E-state index contributed by atoms with van der Waals surface area (Å²) in [7, 11) is 0. The predicted octanol–water partition coefficient (Wildman–Crippen LogP) is 4.51. The minimum Gasteiger partial charge on any atom is -0.493 e. The van der Waals surface area contributed by atoms with Crippen LogP contribution < -0.4 is 20.7 Å². The SMILES string of the molecule is CCCC(=O)Nc1cccc(NC(=O)CNc2ccc(OCC(C)C)cc2)c1. The molecule has 0 radical (unpaired) electrons. The van der Waals surface area contributed by atoms with Gasteiger partial charge in [0.25, 0.3) is 0 Å². The Morgan fingerprint density at radius 1 is 0.929 bits per heavy atom. The number of ether oxygens (including phenoxy) is 1. The molecule has 0 heterocycles. The van der Waals surface area contributed by atoms with Crippen LogP contribution in [-0.2, 0) is 9.59 Å². The van der Waals surface area contributed by atoms with Crippen LogP contribution in [0.3, 0.4) is 0 Å². The lowest BCUT2D eigenvalue weighted by Crippen LogP contribution is -2.21. The van der Waals surface area contributed by atoms with Gasteiger partial charge in [0, 0.05) is 23.5 Å². The fraction of sp³-hybridized carbons (Fsp3) is 0.364. The van der Waals surface area contributed by atoms with Crippen LogP contribution in [0.25, 0.3) is 0 Å². The number of carbonyl (C=O) groups is 2. The number of anilines is 3. The van der Waals surface area contributed by atoms with Gasteiger partial charge in [0.05, 0.1) is 13.2 Å². The molecule has 0 saturated carbocycles. The highest BCUT2D eigenvalue weighted by Gasteiger charge is 2.05. The van der Waals surface area contributed by atoms with Gasteiger partial charge in [-0.1, -0.05) is 26.8 Å². The van der Waals surface area contributed by atoms with E-state index in [-0.39, 0.29) is 18.4 Å². The normalized spacial score (nSPS) is 10.4. The Labute approximate surface area is 166 Å². The summed E-state index contributed by atoms with van der Waals surface area (Å²) in [4.78, 5) is 23.9. The van der Waals surface area contributed by atoms with E-state index in [1.54, 1.807) is 24.3 Å². The van der Waals surface area contributed by atoms with Gasteiger partial charge >= 0.3 is 0 Å². The molecule has 0 atom stereocenters. The number of hydrogen-bond acceptors (Lipinski definition) is 4. The largest absolute Gasteiger partial charge is 0.493 e. The predicted molar refractivity (Wildman–Crippen MR) is 114 cm³/mol. The van der Waals surface area contributed by atoms with Crippen molar-refractivity contribution in [1.29, 1.82) is 0 Å². The van der Waals surface area contributed by atoms with E-state index in [1.807, 2.05) is 31.2 Å². The maximum absolute atomic E-state index is 12.2. The lowest BCUT2D eigenvalue weighted by Gasteiger charge is -2.11. The van der Waals surface area contributed by atoms with Gasteiger partial charge < -0.3 is 20.7 Å². The second kappa shape index (κ2) is 11.0. The number of amides is 2. The van der Waals surface area contributed by atoms with E-state index in [2.05, 4.69) is 29.8 Å². The molecule has 0 unspecified atom stereocenters. The average Bonchev–Trinajstić information content (AvgIpc) is 2.66. The Morgan fingerprint density at radius 2 is 1.57 bits per heavy atom. The molecule has 3 N–H and O–H groups in total. The summed E-state index contributed by atoms with van der Waals surface area (Å²) in [5.41, 5.74) is 2.15. The highest BCUT2D eigenvalue weighted by Crippen LogP contribution is 2.17. The average molecular weight is 383 g/mol. The van der Waals surface area contributed by atoms with Crippen molar-refractivity contribution in [2.24, 2.45) is 5.92 Å². The Bertz CT molecular complexity index is 773. The van der Waals surface area contributed by atoms with Crippen LogP contribution in [0.5, 0.6) is 5.75 Å². The molecule has 2 rings (SSSR count). The van der Waals surface area contributed by atoms with Gasteiger partial charge in [-0.3, -0.25) is 9.59 Å². The summed E-state index contributed by atoms with van der Waals surface area (Å²) in [6, 6.07) is 14.6. The van der Waals surface area contributed by atoms with Gasteiger partial charge in [0.15, 0.2) is 0 Å². The molecule has 6 nitrogen and oxygen atoms in total. The molecule has 2 aromatic carbocycles. The minimum atomic E-state index is -0.169. The Kier molecular flexibility index (Phi) is 8.34. The van der Waals surface area contributed by atoms with Crippen molar-refractivity contribution in [3.63, 3.8) is 0 Å². The monoisotopic (exact) mass is 383 g/mol. The zero-order valence-corrected chi connectivity index (χ0v) is 16.7. The molecule has 0 fully saturated rings. The molecule has 150 valence electrons. The summed E-state index contributed by atoms with van der Waals surface area (Å²) in [5, 5.41) is 8.73. The quantitative estimate of drug-likeness (QED) is 0.564. The van der Waals surface area contributed by atoms with Crippen LogP contribution in [0.1, 0.15) is 33.6 Å². The first-order valence-corrected chi connectivity index (χ1v) is 9.62. The topological polar surface area (TPSA) is 79.5 Å². The number of hydrogen-bond donors (Lipinski definition) is 3. The van der Waals surface area contributed by atoms with Crippen LogP contribution >= 0.6 is 0 Å². The van der Waals surface area contributed by atoms with Crippen LogP contribution in [0.4, 0.5) is 17.1 Å². The summed E-state index contributed by atoms with van der Waals surface area (Å²) >= 11 is 0. The number of benzene rings is 2. The van der Waals surface area contributed by atoms with Gasteiger partial charge in [-0.15, -0.1) is 0 Å². The lowest BCUT2D eigenvalue weighted by atomic mass is 10.2. The molecule has 0 bridgehead atoms. The van der Waals surface area contributed by atoms with E-state index < -0.39 is 0 Å². The van der Waals surface area contributed by atoms with E-state index in [4.69, 9.17) is 4.74 Å². The molecule has 2 aromatic rings. The van der Waals surface area contributed by atoms with Crippen molar-refractivity contribution in [3.8, 4) is 5.75 Å². The molecule has 6 heteroatoms. The molecule has 0 aromatic heterocycles.